The molecule has 0 spiro atoms. The van der Waals surface area contributed by atoms with E-state index >= 15 is 0 Å². The molecular formula is C11H11N3O. The van der Waals surface area contributed by atoms with Gasteiger partial charge in [0.1, 0.15) is 0 Å². The lowest BCUT2D eigenvalue weighted by molar-refractivity contribution is 0.102. The Morgan fingerprint density at radius 1 is 1.33 bits per heavy atom. The van der Waals surface area contributed by atoms with Gasteiger partial charge in [-0.05, 0) is 19.1 Å². The van der Waals surface area contributed by atoms with Crippen molar-refractivity contribution in [1.82, 2.24) is 9.97 Å². The molecule has 1 amide bonds. The average Bonchev–Trinajstić information content (AvgIpc) is 2.71. The van der Waals surface area contributed by atoms with Gasteiger partial charge in [-0.2, -0.15) is 0 Å². The second-order valence-electron chi connectivity index (χ2n) is 3.26. The van der Waals surface area contributed by atoms with E-state index in [0.717, 1.165) is 5.56 Å². The van der Waals surface area contributed by atoms with Crippen molar-refractivity contribution in [1.29, 1.82) is 0 Å². The van der Waals surface area contributed by atoms with Gasteiger partial charge in [-0.15, -0.1) is 0 Å². The highest BCUT2D eigenvalue weighted by Crippen LogP contribution is 2.05. The molecule has 1 heterocycles. The molecule has 2 N–H and O–H groups in total. The lowest BCUT2D eigenvalue weighted by Gasteiger charge is -2.01. The van der Waals surface area contributed by atoms with Gasteiger partial charge >= 0.3 is 0 Å². The maximum atomic E-state index is 11.7. The minimum Gasteiger partial charge on any atom is -0.331 e. The predicted octanol–water partition coefficient (Wildman–Crippen LogP) is 1.97. The fourth-order valence-electron chi connectivity index (χ4n) is 1.22. The molecule has 1 aromatic carbocycles. The molecule has 15 heavy (non-hydrogen) atoms. The van der Waals surface area contributed by atoms with E-state index in [1.165, 1.54) is 0 Å². The van der Waals surface area contributed by atoms with E-state index in [4.69, 9.17) is 0 Å². The van der Waals surface area contributed by atoms with E-state index in [0.29, 0.717) is 11.5 Å². The van der Waals surface area contributed by atoms with Crippen molar-refractivity contribution >= 4 is 11.9 Å². The van der Waals surface area contributed by atoms with Crippen LogP contribution in [0.4, 0.5) is 5.95 Å². The number of hydrogen-bond donors (Lipinski definition) is 2. The van der Waals surface area contributed by atoms with E-state index in [9.17, 15) is 4.79 Å². The maximum Gasteiger partial charge on any atom is 0.257 e. The number of nitrogens with zero attached hydrogens (tertiary/aromatic N) is 1. The summed E-state index contributed by atoms with van der Waals surface area (Å²) in [4.78, 5) is 18.4. The summed E-state index contributed by atoms with van der Waals surface area (Å²) in [7, 11) is 0. The highest BCUT2D eigenvalue weighted by Gasteiger charge is 2.05. The number of amides is 1. The largest absolute Gasteiger partial charge is 0.331 e. The second kappa shape index (κ2) is 3.96. The Morgan fingerprint density at radius 2 is 2.07 bits per heavy atom. The first-order valence-corrected chi connectivity index (χ1v) is 4.63. The molecule has 0 aliphatic rings. The highest BCUT2D eigenvalue weighted by atomic mass is 16.1. The van der Waals surface area contributed by atoms with Crippen molar-refractivity contribution in [2.75, 3.05) is 5.32 Å². The number of carbonyl (C=O) groups is 1. The van der Waals surface area contributed by atoms with Crippen LogP contribution in [0.5, 0.6) is 0 Å². The summed E-state index contributed by atoms with van der Waals surface area (Å²) in [5.74, 6) is 0.297. The molecule has 0 radical (unpaired) electrons. The number of imidazole rings is 1. The summed E-state index contributed by atoms with van der Waals surface area (Å²) in [6, 6.07) is 7.37. The zero-order valence-corrected chi connectivity index (χ0v) is 8.32. The van der Waals surface area contributed by atoms with Gasteiger partial charge in [0, 0.05) is 18.0 Å². The molecular weight excluding hydrogens is 190 g/mol. The molecule has 0 bridgehead atoms. The molecule has 76 valence electrons. The summed E-state index contributed by atoms with van der Waals surface area (Å²) in [5, 5.41) is 2.65. The van der Waals surface area contributed by atoms with Gasteiger partial charge in [0.05, 0.1) is 0 Å². The standard InChI is InChI=1S/C11H11N3O/c1-8-2-4-9(5-3-8)10(15)14-11-12-6-7-13-11/h2-7H,1H3,(H2,12,13,14,15). The number of H-pyrrole nitrogens is 1. The fraction of sp³-hybridized carbons (Fsp3) is 0.0909. The van der Waals surface area contributed by atoms with Crippen LogP contribution in [-0.2, 0) is 0 Å². The molecule has 2 aromatic rings. The van der Waals surface area contributed by atoms with E-state index in [1.807, 2.05) is 19.1 Å². The topological polar surface area (TPSA) is 57.8 Å². The molecule has 4 heteroatoms. The third-order valence-corrected chi connectivity index (χ3v) is 2.04. The number of anilines is 1. The maximum absolute atomic E-state index is 11.7. The highest BCUT2D eigenvalue weighted by molar-refractivity contribution is 6.03. The lowest BCUT2D eigenvalue weighted by Crippen LogP contribution is -2.12. The molecule has 0 saturated carbocycles. The molecule has 0 saturated heterocycles. The summed E-state index contributed by atoms with van der Waals surface area (Å²) >= 11 is 0. The minimum atomic E-state index is -0.162. The Morgan fingerprint density at radius 3 is 2.67 bits per heavy atom. The van der Waals surface area contributed by atoms with Crippen LogP contribution in [0, 0.1) is 6.92 Å². The van der Waals surface area contributed by atoms with Crippen LogP contribution in [0.1, 0.15) is 15.9 Å². The second-order valence-corrected chi connectivity index (χ2v) is 3.26. The Hall–Kier alpha value is -2.10. The summed E-state index contributed by atoms with van der Waals surface area (Å²) in [6.45, 7) is 1.98. The minimum absolute atomic E-state index is 0.162. The molecule has 0 fully saturated rings. The fourth-order valence-corrected chi connectivity index (χ4v) is 1.22. The molecule has 0 aliphatic heterocycles. The third-order valence-electron chi connectivity index (χ3n) is 2.04. The van der Waals surface area contributed by atoms with Crippen LogP contribution < -0.4 is 5.32 Å². The van der Waals surface area contributed by atoms with E-state index in [-0.39, 0.29) is 5.91 Å². The summed E-state index contributed by atoms with van der Waals surface area (Å²) in [6.07, 6.45) is 3.25. The van der Waals surface area contributed by atoms with Crippen LogP contribution in [0.25, 0.3) is 0 Å². The van der Waals surface area contributed by atoms with Gasteiger partial charge in [0.2, 0.25) is 5.95 Å². The quantitative estimate of drug-likeness (QED) is 0.780. The zero-order valence-electron chi connectivity index (χ0n) is 8.32. The van der Waals surface area contributed by atoms with Crippen molar-refractivity contribution < 1.29 is 4.79 Å². The number of carbonyl (C=O) groups excluding carboxylic acids is 1. The number of aromatic nitrogens is 2. The number of rotatable bonds is 2. The third kappa shape index (κ3) is 2.22. The smallest absolute Gasteiger partial charge is 0.257 e. The van der Waals surface area contributed by atoms with Crippen molar-refractivity contribution in [3.8, 4) is 0 Å². The van der Waals surface area contributed by atoms with Crippen molar-refractivity contribution in [2.45, 2.75) is 6.92 Å². The molecule has 2 rings (SSSR count). The molecule has 1 aromatic heterocycles. The van der Waals surface area contributed by atoms with E-state index in [2.05, 4.69) is 15.3 Å². The zero-order chi connectivity index (χ0) is 10.7. The normalized spacial score (nSPS) is 9.93. The van der Waals surface area contributed by atoms with Gasteiger partial charge in [-0.25, -0.2) is 4.98 Å². The van der Waals surface area contributed by atoms with Crippen LogP contribution in [-0.4, -0.2) is 15.9 Å². The van der Waals surface area contributed by atoms with Crippen LogP contribution in [0.15, 0.2) is 36.7 Å². The van der Waals surface area contributed by atoms with E-state index in [1.54, 1.807) is 24.5 Å². The van der Waals surface area contributed by atoms with Crippen molar-refractivity contribution in [3.05, 3.63) is 47.8 Å². The Labute approximate surface area is 87.4 Å². The van der Waals surface area contributed by atoms with Crippen LogP contribution in [0.3, 0.4) is 0 Å². The number of benzene rings is 1. The number of aryl methyl sites for hydroxylation is 1. The Balaban J connectivity index is 2.11. The average molecular weight is 201 g/mol. The number of aromatic amines is 1. The first-order chi connectivity index (χ1) is 7.25. The van der Waals surface area contributed by atoms with Gasteiger partial charge in [0.15, 0.2) is 0 Å². The first-order valence-electron chi connectivity index (χ1n) is 4.63. The van der Waals surface area contributed by atoms with Gasteiger partial charge in [0.25, 0.3) is 5.91 Å². The van der Waals surface area contributed by atoms with E-state index < -0.39 is 0 Å². The van der Waals surface area contributed by atoms with Crippen molar-refractivity contribution in [2.24, 2.45) is 0 Å². The Bertz CT molecular complexity index is 445. The van der Waals surface area contributed by atoms with Gasteiger partial charge in [-0.1, -0.05) is 17.7 Å². The first kappa shape index (κ1) is 9.45. The SMILES string of the molecule is Cc1ccc(C(=O)Nc2ncc[nH]2)cc1. The number of hydrogen-bond acceptors (Lipinski definition) is 2. The van der Waals surface area contributed by atoms with Crippen LogP contribution >= 0.6 is 0 Å². The number of nitrogens with one attached hydrogen (secondary N) is 2. The molecule has 4 nitrogen and oxygen atoms in total. The summed E-state index contributed by atoms with van der Waals surface area (Å²) in [5.41, 5.74) is 1.75. The monoisotopic (exact) mass is 201 g/mol. The molecule has 0 unspecified atom stereocenters. The van der Waals surface area contributed by atoms with Gasteiger partial charge < -0.3 is 4.98 Å². The predicted molar refractivity (Wildman–Crippen MR) is 57.7 cm³/mol. The van der Waals surface area contributed by atoms with Gasteiger partial charge in [-0.3, -0.25) is 10.1 Å². The van der Waals surface area contributed by atoms with Crippen molar-refractivity contribution in [3.63, 3.8) is 0 Å². The molecule has 0 aliphatic carbocycles. The lowest BCUT2D eigenvalue weighted by atomic mass is 10.1. The summed E-state index contributed by atoms with van der Waals surface area (Å²) < 4.78 is 0. The van der Waals surface area contributed by atoms with Crippen LogP contribution in [0.2, 0.25) is 0 Å². The molecule has 0 atom stereocenters. The Kier molecular flexibility index (Phi) is 2.49.